The van der Waals surface area contributed by atoms with E-state index in [-0.39, 0.29) is 4.90 Å². The zero-order valence-electron chi connectivity index (χ0n) is 13.1. The summed E-state index contributed by atoms with van der Waals surface area (Å²) in [7, 11) is -0.495. The number of hydrogen-bond acceptors (Lipinski definition) is 4. The first-order chi connectivity index (χ1) is 10.8. The Morgan fingerprint density at radius 1 is 1.26 bits per heavy atom. The van der Waals surface area contributed by atoms with Crippen molar-refractivity contribution in [1.29, 1.82) is 0 Å². The summed E-state index contributed by atoms with van der Waals surface area (Å²) >= 11 is 5.37. The summed E-state index contributed by atoms with van der Waals surface area (Å²) in [4.78, 5) is 14.6. The number of piperazine rings is 1. The summed E-state index contributed by atoms with van der Waals surface area (Å²) in [6.07, 6.45) is 0.837. The Balaban J connectivity index is 2.06. The number of nitrogens with one attached hydrogen (secondary N) is 1. The standard InChI is InChI=1S/C14H20N4O3S2/c1-16(2)23(20,21)13-5-3-4-12(10-13)15-14(22)18-8-6-17(11-19)7-9-18/h3-5,10-11H,6-9H2,1-2H3,(H,15,22). The number of sulfonamides is 1. The molecule has 9 heteroatoms. The summed E-state index contributed by atoms with van der Waals surface area (Å²) in [6.45, 7) is 2.56. The number of thiocarbonyl (C=S) groups is 1. The van der Waals surface area contributed by atoms with Crippen LogP contribution in [0.25, 0.3) is 0 Å². The van der Waals surface area contributed by atoms with Crippen LogP contribution < -0.4 is 5.32 Å². The summed E-state index contributed by atoms with van der Waals surface area (Å²) in [5.74, 6) is 0. The molecule has 7 nitrogen and oxygen atoms in total. The van der Waals surface area contributed by atoms with E-state index < -0.39 is 10.0 Å². The van der Waals surface area contributed by atoms with E-state index in [4.69, 9.17) is 12.2 Å². The monoisotopic (exact) mass is 356 g/mol. The van der Waals surface area contributed by atoms with Gasteiger partial charge in [-0.2, -0.15) is 0 Å². The lowest BCUT2D eigenvalue weighted by atomic mass is 10.3. The first-order valence-electron chi connectivity index (χ1n) is 7.12. The molecule has 1 aliphatic heterocycles. The zero-order valence-corrected chi connectivity index (χ0v) is 14.7. The molecule has 0 saturated carbocycles. The van der Waals surface area contributed by atoms with Crippen LogP contribution in [-0.2, 0) is 14.8 Å². The van der Waals surface area contributed by atoms with Gasteiger partial charge in [-0.15, -0.1) is 0 Å². The summed E-state index contributed by atoms with van der Waals surface area (Å²) in [5.41, 5.74) is 0.621. The van der Waals surface area contributed by atoms with Crippen molar-refractivity contribution < 1.29 is 13.2 Å². The fourth-order valence-electron chi connectivity index (χ4n) is 2.18. The first-order valence-corrected chi connectivity index (χ1v) is 8.97. The molecule has 0 aromatic heterocycles. The molecule has 1 N–H and O–H groups in total. The van der Waals surface area contributed by atoms with Gasteiger partial charge in [0.25, 0.3) is 0 Å². The van der Waals surface area contributed by atoms with Crippen LogP contribution in [0, 0.1) is 0 Å². The minimum absolute atomic E-state index is 0.209. The number of nitrogens with zero attached hydrogens (tertiary/aromatic N) is 3. The minimum Gasteiger partial charge on any atom is -0.345 e. The molecule has 0 unspecified atom stereocenters. The van der Waals surface area contributed by atoms with Gasteiger partial charge >= 0.3 is 0 Å². The first kappa shape index (κ1) is 17.6. The molecule has 0 atom stereocenters. The van der Waals surface area contributed by atoms with Crippen molar-refractivity contribution in [2.45, 2.75) is 4.90 Å². The lowest BCUT2D eigenvalue weighted by Crippen LogP contribution is -2.49. The highest BCUT2D eigenvalue weighted by atomic mass is 32.2. The second-order valence-electron chi connectivity index (χ2n) is 5.37. The van der Waals surface area contributed by atoms with E-state index in [1.54, 1.807) is 29.2 Å². The number of hydrogen-bond donors (Lipinski definition) is 1. The Hall–Kier alpha value is -1.71. The largest absolute Gasteiger partial charge is 0.345 e. The third-order valence-electron chi connectivity index (χ3n) is 3.61. The maximum atomic E-state index is 12.2. The van der Waals surface area contributed by atoms with Crippen molar-refractivity contribution >= 4 is 39.5 Å². The van der Waals surface area contributed by atoms with Crippen LogP contribution in [0.3, 0.4) is 0 Å². The number of anilines is 1. The van der Waals surface area contributed by atoms with Crippen molar-refractivity contribution in [1.82, 2.24) is 14.1 Å². The van der Waals surface area contributed by atoms with E-state index in [2.05, 4.69) is 5.32 Å². The molecule has 1 amide bonds. The van der Waals surface area contributed by atoms with E-state index in [9.17, 15) is 13.2 Å². The normalized spacial score (nSPS) is 15.6. The Morgan fingerprint density at radius 2 is 1.91 bits per heavy atom. The molecule has 126 valence electrons. The van der Waals surface area contributed by atoms with Gasteiger partial charge in [0.05, 0.1) is 4.90 Å². The zero-order chi connectivity index (χ0) is 17.0. The molecular weight excluding hydrogens is 336 g/mol. The van der Waals surface area contributed by atoms with Gasteiger partial charge in [-0.05, 0) is 30.4 Å². The second-order valence-corrected chi connectivity index (χ2v) is 7.91. The van der Waals surface area contributed by atoms with E-state index in [0.29, 0.717) is 37.0 Å². The van der Waals surface area contributed by atoms with Gasteiger partial charge in [-0.3, -0.25) is 4.79 Å². The molecule has 1 aliphatic rings. The van der Waals surface area contributed by atoms with Crippen LogP contribution in [0.1, 0.15) is 0 Å². The van der Waals surface area contributed by atoms with Crippen molar-refractivity contribution in [3.05, 3.63) is 24.3 Å². The number of amides is 1. The second kappa shape index (κ2) is 7.24. The number of rotatable bonds is 4. The molecule has 2 rings (SSSR count). The van der Waals surface area contributed by atoms with Gasteiger partial charge in [-0.1, -0.05) is 6.07 Å². The third kappa shape index (κ3) is 4.18. The molecular formula is C14H20N4O3S2. The van der Waals surface area contributed by atoms with Crippen molar-refractivity contribution in [3.8, 4) is 0 Å². The van der Waals surface area contributed by atoms with Gasteiger partial charge in [0.2, 0.25) is 16.4 Å². The third-order valence-corrected chi connectivity index (χ3v) is 5.79. The quantitative estimate of drug-likeness (QED) is 0.622. The fraction of sp³-hybridized carbons (Fsp3) is 0.429. The van der Waals surface area contributed by atoms with Gasteiger partial charge in [0, 0.05) is 46.0 Å². The molecule has 1 fully saturated rings. The number of benzene rings is 1. The van der Waals surface area contributed by atoms with Crippen molar-refractivity contribution in [2.75, 3.05) is 45.6 Å². The molecule has 1 saturated heterocycles. The van der Waals surface area contributed by atoms with E-state index in [0.717, 1.165) is 6.41 Å². The highest BCUT2D eigenvalue weighted by Crippen LogP contribution is 2.18. The Bertz CT molecular complexity index is 683. The maximum Gasteiger partial charge on any atom is 0.242 e. The van der Waals surface area contributed by atoms with Crippen LogP contribution in [0.4, 0.5) is 5.69 Å². The molecule has 0 bridgehead atoms. The average Bonchev–Trinajstić information content (AvgIpc) is 2.55. The van der Waals surface area contributed by atoms with Crippen molar-refractivity contribution in [3.63, 3.8) is 0 Å². The molecule has 0 spiro atoms. The average molecular weight is 356 g/mol. The van der Waals surface area contributed by atoms with E-state index >= 15 is 0 Å². The minimum atomic E-state index is -3.48. The Kier molecular flexibility index (Phi) is 5.55. The van der Waals surface area contributed by atoms with Crippen LogP contribution in [0.15, 0.2) is 29.2 Å². The lowest BCUT2D eigenvalue weighted by molar-refractivity contribution is -0.119. The fourth-order valence-corrected chi connectivity index (χ4v) is 3.43. The van der Waals surface area contributed by atoms with Crippen LogP contribution in [0.2, 0.25) is 0 Å². The summed E-state index contributed by atoms with van der Waals surface area (Å²) in [5, 5.41) is 3.59. The maximum absolute atomic E-state index is 12.2. The highest BCUT2D eigenvalue weighted by molar-refractivity contribution is 7.89. The smallest absolute Gasteiger partial charge is 0.242 e. The predicted molar refractivity (Wildman–Crippen MR) is 92.7 cm³/mol. The SMILES string of the molecule is CN(C)S(=O)(=O)c1cccc(NC(=S)N2CCN(C=O)CC2)c1. The van der Waals surface area contributed by atoms with Gasteiger partial charge in [0.1, 0.15) is 0 Å². The van der Waals surface area contributed by atoms with Gasteiger partial charge < -0.3 is 15.1 Å². The Labute approximate surface area is 141 Å². The molecule has 1 heterocycles. The van der Waals surface area contributed by atoms with Crippen molar-refractivity contribution in [2.24, 2.45) is 0 Å². The molecule has 1 aromatic carbocycles. The van der Waals surface area contributed by atoms with Crippen LogP contribution >= 0.6 is 12.2 Å². The molecule has 0 aliphatic carbocycles. The lowest BCUT2D eigenvalue weighted by Gasteiger charge is -2.34. The van der Waals surface area contributed by atoms with Gasteiger partial charge in [-0.25, -0.2) is 12.7 Å². The summed E-state index contributed by atoms with van der Waals surface area (Å²) in [6, 6.07) is 6.55. The van der Waals surface area contributed by atoms with E-state index in [1.165, 1.54) is 18.4 Å². The molecule has 23 heavy (non-hydrogen) atoms. The topological polar surface area (TPSA) is 73.0 Å². The van der Waals surface area contributed by atoms with Gasteiger partial charge in [0.15, 0.2) is 5.11 Å². The molecule has 0 radical (unpaired) electrons. The number of carbonyl (C=O) groups is 1. The highest BCUT2D eigenvalue weighted by Gasteiger charge is 2.19. The predicted octanol–water partition coefficient (Wildman–Crippen LogP) is 0.408. The van der Waals surface area contributed by atoms with E-state index in [1.807, 2.05) is 4.90 Å². The number of carbonyl (C=O) groups excluding carboxylic acids is 1. The van der Waals surface area contributed by atoms with Crippen LogP contribution in [-0.4, -0.2) is 74.3 Å². The summed E-state index contributed by atoms with van der Waals surface area (Å²) < 4.78 is 25.5. The van der Waals surface area contributed by atoms with Crippen LogP contribution in [0.5, 0.6) is 0 Å². The Morgan fingerprint density at radius 3 is 2.48 bits per heavy atom. The molecule has 1 aromatic rings.